The normalized spacial score (nSPS) is 10.8. The van der Waals surface area contributed by atoms with Crippen molar-refractivity contribution in [1.29, 1.82) is 0 Å². The van der Waals surface area contributed by atoms with Gasteiger partial charge in [0, 0.05) is 5.39 Å². The van der Waals surface area contributed by atoms with E-state index in [1.165, 1.54) is 0 Å². The Balaban J connectivity index is 1.41. The molecule has 3 rings (SSSR count). The highest BCUT2D eigenvalue weighted by Gasteiger charge is 2.08. The third-order valence-electron chi connectivity index (χ3n) is 4.46. The lowest BCUT2D eigenvalue weighted by Crippen LogP contribution is -2.08. The second-order valence-corrected chi connectivity index (χ2v) is 6.41. The SMILES string of the molecule is O=C(O)c1ccccc1CCCCCCOc1cc2ccccc2oc1=O. The molecule has 0 saturated carbocycles. The van der Waals surface area contributed by atoms with Gasteiger partial charge in [-0.25, -0.2) is 9.59 Å². The number of para-hydroxylation sites is 1. The van der Waals surface area contributed by atoms with Crippen molar-refractivity contribution in [2.75, 3.05) is 6.61 Å². The zero-order valence-corrected chi connectivity index (χ0v) is 15.0. The Bertz CT molecular complexity index is 974. The van der Waals surface area contributed by atoms with E-state index in [0.717, 1.165) is 43.1 Å². The van der Waals surface area contributed by atoms with E-state index < -0.39 is 11.6 Å². The van der Waals surface area contributed by atoms with Gasteiger partial charge >= 0.3 is 11.6 Å². The Morgan fingerprint density at radius 1 is 0.963 bits per heavy atom. The number of hydrogen-bond acceptors (Lipinski definition) is 4. The third-order valence-corrected chi connectivity index (χ3v) is 4.46. The number of benzene rings is 2. The molecule has 5 heteroatoms. The number of fused-ring (bicyclic) bond motifs is 1. The summed E-state index contributed by atoms with van der Waals surface area (Å²) in [6.07, 6.45) is 4.42. The van der Waals surface area contributed by atoms with Crippen LogP contribution in [0.2, 0.25) is 0 Å². The van der Waals surface area contributed by atoms with Crippen molar-refractivity contribution >= 4 is 16.9 Å². The predicted molar refractivity (Wildman–Crippen MR) is 104 cm³/mol. The van der Waals surface area contributed by atoms with Gasteiger partial charge in [-0.1, -0.05) is 49.2 Å². The molecule has 0 fully saturated rings. The summed E-state index contributed by atoms with van der Waals surface area (Å²) in [5, 5.41) is 10.0. The van der Waals surface area contributed by atoms with Crippen LogP contribution in [0.3, 0.4) is 0 Å². The standard InChI is InChI=1S/C22H22O5/c23-21(24)18-12-6-4-10-16(18)9-3-1-2-8-14-26-20-15-17-11-5-7-13-19(17)27-22(20)25/h4-7,10-13,15H,1-3,8-9,14H2,(H,23,24). The van der Waals surface area contributed by atoms with Crippen molar-refractivity contribution in [3.8, 4) is 5.75 Å². The largest absolute Gasteiger partial charge is 0.487 e. The highest BCUT2D eigenvalue weighted by atomic mass is 16.5. The highest BCUT2D eigenvalue weighted by Crippen LogP contribution is 2.17. The first kappa shape index (κ1) is 18.7. The van der Waals surface area contributed by atoms with Crippen LogP contribution in [0.4, 0.5) is 0 Å². The number of aromatic carboxylic acids is 1. The minimum Gasteiger partial charge on any atom is -0.487 e. The first-order chi connectivity index (χ1) is 13.1. The van der Waals surface area contributed by atoms with Crippen molar-refractivity contribution in [3.05, 3.63) is 76.1 Å². The van der Waals surface area contributed by atoms with Crippen molar-refractivity contribution < 1.29 is 19.1 Å². The van der Waals surface area contributed by atoms with Gasteiger partial charge in [-0.2, -0.15) is 0 Å². The van der Waals surface area contributed by atoms with E-state index in [2.05, 4.69) is 0 Å². The summed E-state index contributed by atoms with van der Waals surface area (Å²) in [4.78, 5) is 23.1. The average Bonchev–Trinajstić information content (AvgIpc) is 2.67. The molecular weight excluding hydrogens is 344 g/mol. The summed E-state index contributed by atoms with van der Waals surface area (Å²) >= 11 is 0. The molecule has 1 heterocycles. The second kappa shape index (κ2) is 9.03. The number of carbonyl (C=O) groups is 1. The Hall–Kier alpha value is -3.08. The third kappa shape index (κ3) is 4.97. The van der Waals surface area contributed by atoms with E-state index in [-0.39, 0.29) is 5.75 Å². The first-order valence-electron chi connectivity index (χ1n) is 9.12. The zero-order chi connectivity index (χ0) is 19.1. The van der Waals surface area contributed by atoms with Crippen LogP contribution in [0.15, 0.2) is 63.8 Å². The lowest BCUT2D eigenvalue weighted by molar-refractivity contribution is 0.0695. The maximum Gasteiger partial charge on any atom is 0.379 e. The van der Waals surface area contributed by atoms with Gasteiger partial charge in [0.25, 0.3) is 0 Å². The molecule has 0 unspecified atom stereocenters. The van der Waals surface area contributed by atoms with Gasteiger partial charge in [0.05, 0.1) is 12.2 Å². The molecule has 0 atom stereocenters. The topological polar surface area (TPSA) is 76.7 Å². The molecule has 0 saturated heterocycles. The Kier molecular flexibility index (Phi) is 6.26. The molecule has 0 bridgehead atoms. The van der Waals surface area contributed by atoms with Crippen molar-refractivity contribution in [1.82, 2.24) is 0 Å². The monoisotopic (exact) mass is 366 g/mol. The molecule has 27 heavy (non-hydrogen) atoms. The number of carboxylic acids is 1. The minimum atomic E-state index is -0.881. The number of carboxylic acid groups (broad SMARTS) is 1. The van der Waals surface area contributed by atoms with Crippen molar-refractivity contribution in [3.63, 3.8) is 0 Å². The zero-order valence-electron chi connectivity index (χ0n) is 15.0. The number of rotatable bonds is 9. The van der Waals surface area contributed by atoms with E-state index in [0.29, 0.717) is 17.8 Å². The molecule has 3 aromatic rings. The fraction of sp³-hybridized carbons (Fsp3) is 0.273. The lowest BCUT2D eigenvalue weighted by Gasteiger charge is -2.07. The average molecular weight is 366 g/mol. The molecule has 1 N–H and O–H groups in total. The summed E-state index contributed by atoms with van der Waals surface area (Å²) in [6.45, 7) is 0.453. The number of unbranched alkanes of at least 4 members (excludes halogenated alkanes) is 3. The second-order valence-electron chi connectivity index (χ2n) is 6.41. The van der Waals surface area contributed by atoms with E-state index in [1.54, 1.807) is 24.3 Å². The van der Waals surface area contributed by atoms with E-state index in [9.17, 15) is 14.7 Å². The van der Waals surface area contributed by atoms with Crippen LogP contribution in [-0.4, -0.2) is 17.7 Å². The van der Waals surface area contributed by atoms with Crippen LogP contribution < -0.4 is 10.4 Å². The Morgan fingerprint density at radius 2 is 1.70 bits per heavy atom. The molecule has 0 aliphatic carbocycles. The maximum atomic E-state index is 11.9. The van der Waals surface area contributed by atoms with Crippen LogP contribution in [0.25, 0.3) is 11.0 Å². The van der Waals surface area contributed by atoms with Gasteiger partial charge in [-0.3, -0.25) is 0 Å². The van der Waals surface area contributed by atoms with Crippen LogP contribution in [0.1, 0.15) is 41.6 Å². The molecule has 5 nitrogen and oxygen atoms in total. The number of hydrogen-bond donors (Lipinski definition) is 1. The molecular formula is C22H22O5. The minimum absolute atomic E-state index is 0.240. The summed E-state index contributed by atoms with van der Waals surface area (Å²) in [6, 6.07) is 16.2. The first-order valence-corrected chi connectivity index (χ1v) is 9.12. The quantitative estimate of drug-likeness (QED) is 0.440. The van der Waals surface area contributed by atoms with Crippen molar-refractivity contribution in [2.24, 2.45) is 0 Å². The molecule has 1 aromatic heterocycles. The Morgan fingerprint density at radius 3 is 2.56 bits per heavy atom. The predicted octanol–water partition coefficient (Wildman–Crippen LogP) is 4.67. The fourth-order valence-electron chi connectivity index (χ4n) is 3.04. The molecule has 0 aliphatic rings. The number of aryl methyl sites for hydroxylation is 1. The molecule has 0 radical (unpaired) electrons. The van der Waals surface area contributed by atoms with Crippen molar-refractivity contribution in [2.45, 2.75) is 32.1 Å². The van der Waals surface area contributed by atoms with Gasteiger partial charge in [0.2, 0.25) is 5.75 Å². The molecule has 2 aromatic carbocycles. The smallest absolute Gasteiger partial charge is 0.379 e. The summed E-state index contributed by atoms with van der Waals surface area (Å²) < 4.78 is 10.8. The van der Waals surface area contributed by atoms with Crippen LogP contribution in [-0.2, 0) is 6.42 Å². The molecule has 140 valence electrons. The molecule has 0 aliphatic heterocycles. The molecule has 0 amide bonds. The summed E-state index contributed by atoms with van der Waals surface area (Å²) in [7, 11) is 0. The van der Waals surface area contributed by atoms with Gasteiger partial charge in [0.15, 0.2) is 0 Å². The van der Waals surface area contributed by atoms with Crippen LogP contribution in [0, 0.1) is 0 Å². The summed E-state index contributed by atoms with van der Waals surface area (Å²) in [5.74, 6) is -0.641. The van der Waals surface area contributed by atoms with Crippen LogP contribution >= 0.6 is 0 Å². The Labute approximate surface area is 157 Å². The summed E-state index contributed by atoms with van der Waals surface area (Å²) in [5.41, 5.74) is 1.34. The maximum absolute atomic E-state index is 11.9. The van der Waals surface area contributed by atoms with Gasteiger partial charge in [0.1, 0.15) is 5.58 Å². The highest BCUT2D eigenvalue weighted by molar-refractivity contribution is 5.89. The number of ether oxygens (including phenoxy) is 1. The van der Waals surface area contributed by atoms with E-state index in [4.69, 9.17) is 9.15 Å². The van der Waals surface area contributed by atoms with E-state index in [1.807, 2.05) is 30.3 Å². The van der Waals surface area contributed by atoms with Gasteiger partial charge in [-0.15, -0.1) is 0 Å². The molecule has 0 spiro atoms. The van der Waals surface area contributed by atoms with Crippen LogP contribution in [0.5, 0.6) is 5.75 Å². The van der Waals surface area contributed by atoms with Gasteiger partial charge in [-0.05, 0) is 43.0 Å². The fourth-order valence-corrected chi connectivity index (χ4v) is 3.04. The van der Waals surface area contributed by atoms with E-state index >= 15 is 0 Å². The lowest BCUT2D eigenvalue weighted by atomic mass is 10.0. The van der Waals surface area contributed by atoms with Gasteiger partial charge < -0.3 is 14.3 Å².